The fourth-order valence-corrected chi connectivity index (χ4v) is 3.25. The number of hydrogen-bond donors (Lipinski definition) is 0. The van der Waals surface area contributed by atoms with Gasteiger partial charge in [-0.3, -0.25) is 4.79 Å². The van der Waals surface area contributed by atoms with Crippen LogP contribution in [-0.4, -0.2) is 30.5 Å². The Balaban J connectivity index is 1.68. The Hall–Kier alpha value is -3.19. The Labute approximate surface area is 165 Å². The number of benzene rings is 2. The summed E-state index contributed by atoms with van der Waals surface area (Å²) in [5, 5.41) is 0.474. The third-order valence-corrected chi connectivity index (χ3v) is 4.78. The molecule has 0 N–H and O–H groups in total. The van der Waals surface area contributed by atoms with Crippen molar-refractivity contribution in [3.63, 3.8) is 0 Å². The molecule has 1 heterocycles. The lowest BCUT2D eigenvalue weighted by molar-refractivity contribution is 0.0470. The molecule has 0 aliphatic carbocycles. The van der Waals surface area contributed by atoms with Gasteiger partial charge in [0.15, 0.2) is 24.0 Å². The van der Waals surface area contributed by atoms with E-state index in [1.165, 1.54) is 31.0 Å². The largest absolute Gasteiger partial charge is 0.494 e. The fourth-order valence-electron chi connectivity index (χ4n) is 2.36. The van der Waals surface area contributed by atoms with Gasteiger partial charge in [-0.25, -0.2) is 14.2 Å². The summed E-state index contributed by atoms with van der Waals surface area (Å²) in [4.78, 5) is 29.8. The van der Waals surface area contributed by atoms with Gasteiger partial charge in [0.05, 0.1) is 12.7 Å². The van der Waals surface area contributed by atoms with E-state index >= 15 is 0 Å². The number of Topliss-reactive ketones (excluding diaryl/α,β-unsaturated/α-hetero) is 1. The maximum Gasteiger partial charge on any atom is 0.341 e. The van der Waals surface area contributed by atoms with E-state index in [2.05, 4.69) is 4.98 Å². The minimum absolute atomic E-state index is 0.0338. The van der Waals surface area contributed by atoms with Gasteiger partial charge in [0.25, 0.3) is 0 Å². The lowest BCUT2D eigenvalue weighted by atomic mass is 10.1. The number of aromatic nitrogens is 1. The first kappa shape index (κ1) is 19.6. The third kappa shape index (κ3) is 4.75. The van der Waals surface area contributed by atoms with Gasteiger partial charge in [-0.1, -0.05) is 30.0 Å². The molecule has 0 amide bonds. The molecule has 0 unspecified atom stereocenters. The van der Waals surface area contributed by atoms with E-state index in [0.29, 0.717) is 5.03 Å². The topological polar surface area (TPSA) is 65.5 Å². The van der Waals surface area contributed by atoms with Crippen molar-refractivity contribution in [3.05, 3.63) is 83.8 Å². The van der Waals surface area contributed by atoms with Crippen LogP contribution >= 0.6 is 11.8 Å². The summed E-state index contributed by atoms with van der Waals surface area (Å²) in [7, 11) is 1.33. The molecule has 3 aromatic rings. The van der Waals surface area contributed by atoms with Crippen LogP contribution in [0.1, 0.15) is 20.7 Å². The molecule has 0 bridgehead atoms. The molecule has 0 spiro atoms. The van der Waals surface area contributed by atoms with E-state index in [1.807, 2.05) is 30.3 Å². The number of esters is 1. The van der Waals surface area contributed by atoms with Crippen molar-refractivity contribution in [3.8, 4) is 5.75 Å². The van der Waals surface area contributed by atoms with Gasteiger partial charge in [-0.05, 0) is 42.5 Å². The molecular weight excluding hydrogens is 381 g/mol. The summed E-state index contributed by atoms with van der Waals surface area (Å²) in [6, 6.07) is 16.5. The van der Waals surface area contributed by atoms with E-state index in [9.17, 15) is 14.0 Å². The van der Waals surface area contributed by atoms with Gasteiger partial charge in [-0.2, -0.15) is 0 Å². The quantitative estimate of drug-likeness (QED) is 0.434. The van der Waals surface area contributed by atoms with Gasteiger partial charge < -0.3 is 9.47 Å². The summed E-state index contributed by atoms with van der Waals surface area (Å²) in [5.41, 5.74) is 0.348. The van der Waals surface area contributed by atoms with Crippen molar-refractivity contribution < 1.29 is 23.5 Å². The van der Waals surface area contributed by atoms with Crippen molar-refractivity contribution in [2.75, 3.05) is 13.7 Å². The monoisotopic (exact) mass is 397 g/mol. The number of rotatable bonds is 7. The molecule has 3 rings (SSSR count). The highest BCUT2D eigenvalue weighted by molar-refractivity contribution is 7.99. The molecule has 1 aromatic heterocycles. The molecule has 142 valence electrons. The lowest BCUT2D eigenvalue weighted by Crippen LogP contribution is -2.15. The van der Waals surface area contributed by atoms with Crippen LogP contribution in [0.4, 0.5) is 4.39 Å². The van der Waals surface area contributed by atoms with E-state index in [1.54, 1.807) is 18.3 Å². The standard InChI is InChI=1S/C21H16FNO4S/c1-26-19-10-9-14(12-17(19)22)18(24)13-27-21(25)16-8-5-11-23-20(16)28-15-6-3-2-4-7-15/h2-12H,13H2,1H3. The SMILES string of the molecule is COc1ccc(C(=O)COC(=O)c2cccnc2Sc2ccccc2)cc1F. The summed E-state index contributed by atoms with van der Waals surface area (Å²) in [5.74, 6) is -1.81. The van der Waals surface area contributed by atoms with Crippen LogP contribution in [0.2, 0.25) is 0 Å². The van der Waals surface area contributed by atoms with E-state index in [0.717, 1.165) is 11.0 Å². The molecule has 0 aliphatic rings. The molecular formula is C21H16FNO4S. The highest BCUT2D eigenvalue weighted by Gasteiger charge is 2.17. The minimum atomic E-state index is -0.672. The van der Waals surface area contributed by atoms with Crippen LogP contribution < -0.4 is 4.74 Å². The number of methoxy groups -OCH3 is 1. The predicted molar refractivity (Wildman–Crippen MR) is 102 cm³/mol. The van der Waals surface area contributed by atoms with Crippen LogP contribution in [0.25, 0.3) is 0 Å². The van der Waals surface area contributed by atoms with Gasteiger partial charge in [0.1, 0.15) is 5.03 Å². The van der Waals surface area contributed by atoms with Gasteiger partial charge in [0, 0.05) is 16.7 Å². The zero-order valence-corrected chi connectivity index (χ0v) is 15.7. The van der Waals surface area contributed by atoms with Crippen molar-refractivity contribution in [1.82, 2.24) is 4.98 Å². The summed E-state index contributed by atoms with van der Waals surface area (Å²) < 4.78 is 23.7. The maximum atomic E-state index is 13.7. The number of carbonyl (C=O) groups is 2. The third-order valence-electron chi connectivity index (χ3n) is 3.76. The Morgan fingerprint density at radius 3 is 2.57 bits per heavy atom. The van der Waals surface area contributed by atoms with E-state index in [-0.39, 0.29) is 16.9 Å². The van der Waals surface area contributed by atoms with Crippen LogP contribution in [0.3, 0.4) is 0 Å². The highest BCUT2D eigenvalue weighted by atomic mass is 32.2. The first-order valence-electron chi connectivity index (χ1n) is 8.30. The number of ether oxygens (including phenoxy) is 2. The molecule has 0 aliphatic heterocycles. The molecule has 7 heteroatoms. The zero-order chi connectivity index (χ0) is 19.9. The van der Waals surface area contributed by atoms with E-state index < -0.39 is 24.2 Å². The zero-order valence-electron chi connectivity index (χ0n) is 14.9. The van der Waals surface area contributed by atoms with Crippen LogP contribution in [0, 0.1) is 5.82 Å². The molecule has 0 atom stereocenters. The Morgan fingerprint density at radius 2 is 1.86 bits per heavy atom. The summed E-state index contributed by atoms with van der Waals surface area (Å²) in [6.07, 6.45) is 1.58. The van der Waals surface area contributed by atoms with Crippen LogP contribution in [0.15, 0.2) is 76.8 Å². The molecule has 5 nitrogen and oxygen atoms in total. The second-order valence-corrected chi connectivity index (χ2v) is 6.68. The fraction of sp³-hybridized carbons (Fsp3) is 0.0952. The second kappa shape index (κ2) is 9.14. The van der Waals surface area contributed by atoms with Gasteiger partial charge in [0.2, 0.25) is 0 Å². The number of pyridine rings is 1. The number of halogens is 1. The summed E-state index contributed by atoms with van der Waals surface area (Å²) >= 11 is 1.32. The van der Waals surface area contributed by atoms with Gasteiger partial charge in [-0.15, -0.1) is 0 Å². The smallest absolute Gasteiger partial charge is 0.341 e. The predicted octanol–water partition coefficient (Wildman–Crippen LogP) is 4.42. The Morgan fingerprint density at radius 1 is 1.07 bits per heavy atom. The minimum Gasteiger partial charge on any atom is -0.494 e. The number of carbonyl (C=O) groups excluding carboxylic acids is 2. The lowest BCUT2D eigenvalue weighted by Gasteiger charge is -2.09. The first-order valence-corrected chi connectivity index (χ1v) is 9.12. The van der Waals surface area contributed by atoms with Crippen molar-refractivity contribution in [2.24, 2.45) is 0 Å². The molecule has 0 saturated heterocycles. The molecule has 0 radical (unpaired) electrons. The number of nitrogens with zero attached hydrogens (tertiary/aromatic N) is 1. The highest BCUT2D eigenvalue weighted by Crippen LogP contribution is 2.28. The number of hydrogen-bond acceptors (Lipinski definition) is 6. The second-order valence-electron chi connectivity index (χ2n) is 5.62. The molecule has 0 fully saturated rings. The molecule has 28 heavy (non-hydrogen) atoms. The van der Waals surface area contributed by atoms with Crippen molar-refractivity contribution in [1.29, 1.82) is 0 Å². The average Bonchev–Trinajstić information content (AvgIpc) is 2.73. The first-order chi connectivity index (χ1) is 13.6. The van der Waals surface area contributed by atoms with Crippen molar-refractivity contribution in [2.45, 2.75) is 9.92 Å². The average molecular weight is 397 g/mol. The van der Waals surface area contributed by atoms with Crippen LogP contribution in [-0.2, 0) is 4.74 Å². The summed E-state index contributed by atoms with van der Waals surface area (Å²) in [6.45, 7) is -0.505. The van der Waals surface area contributed by atoms with E-state index in [4.69, 9.17) is 9.47 Å². The Bertz CT molecular complexity index is 995. The normalized spacial score (nSPS) is 10.4. The Kier molecular flexibility index (Phi) is 6.39. The van der Waals surface area contributed by atoms with Crippen LogP contribution in [0.5, 0.6) is 5.75 Å². The molecule has 0 saturated carbocycles. The number of ketones is 1. The van der Waals surface area contributed by atoms with Gasteiger partial charge >= 0.3 is 5.97 Å². The van der Waals surface area contributed by atoms with Crippen molar-refractivity contribution >= 4 is 23.5 Å². The maximum absolute atomic E-state index is 13.7. The molecule has 2 aromatic carbocycles.